The van der Waals surface area contributed by atoms with Crippen molar-refractivity contribution in [1.29, 1.82) is 0 Å². The van der Waals surface area contributed by atoms with Crippen molar-refractivity contribution in [3.8, 4) is 0 Å². The summed E-state index contributed by atoms with van der Waals surface area (Å²) in [5, 5.41) is 16.2. The van der Waals surface area contributed by atoms with Gasteiger partial charge in [-0.05, 0) is 119 Å². The Balaban J connectivity index is 1.32. The van der Waals surface area contributed by atoms with Crippen LogP contribution < -0.4 is 22.1 Å². The number of Topliss-reactive ketones (excluding diaryl/α,β-unsaturated/α-hetero) is 3. The van der Waals surface area contributed by atoms with E-state index in [-0.39, 0.29) is 66.7 Å². The minimum atomic E-state index is -1.31. The van der Waals surface area contributed by atoms with Crippen LogP contribution in [0.5, 0.6) is 0 Å². The van der Waals surface area contributed by atoms with Crippen molar-refractivity contribution in [1.82, 2.24) is 10.6 Å². The first-order valence-electron chi connectivity index (χ1n) is 23.6. The van der Waals surface area contributed by atoms with Gasteiger partial charge in [-0.15, -0.1) is 0 Å². The van der Waals surface area contributed by atoms with E-state index in [0.717, 1.165) is 31.2 Å². The van der Waals surface area contributed by atoms with Crippen LogP contribution in [0.2, 0.25) is 5.82 Å². The molecule has 4 fully saturated rings. The Hall–Kier alpha value is -2.97. The molecule has 1 saturated heterocycles. The van der Waals surface area contributed by atoms with E-state index in [9.17, 15) is 29.1 Å². The quantitative estimate of drug-likeness (QED) is 0.0348. The monoisotopic (exact) mass is 851 g/mol. The smallest absolute Gasteiger partial charge is 0.405 e. The summed E-state index contributed by atoms with van der Waals surface area (Å²) in [6, 6.07) is 3.77. The predicted molar refractivity (Wildman–Crippen MR) is 241 cm³/mol. The molecule has 2 amide bonds. The maximum absolute atomic E-state index is 13.8. The third-order valence-corrected chi connectivity index (χ3v) is 14.4. The van der Waals surface area contributed by atoms with E-state index in [2.05, 4.69) is 38.3 Å². The summed E-state index contributed by atoms with van der Waals surface area (Å²) in [4.78, 5) is 68.2. The van der Waals surface area contributed by atoms with Crippen LogP contribution in [0, 0.1) is 36.0 Å². The Bertz CT molecular complexity index is 1650. The number of amides is 2. The van der Waals surface area contributed by atoms with E-state index >= 15 is 0 Å². The highest BCUT2D eigenvalue weighted by Gasteiger charge is 2.68. The van der Waals surface area contributed by atoms with E-state index in [1.165, 1.54) is 44.6 Å². The van der Waals surface area contributed by atoms with Gasteiger partial charge in [0.1, 0.15) is 6.04 Å². The SMILES string of the molecule is CCCCCCCCc1ccc(C(=O)C[C@@H](CCN)C(=O)N[C@H](C(=O)C[C@@H](C)C(=O)N[C@@H](CCCCN)C(=O)C[C@@H](C)B2O[C@@H]3C[C@@H]4C[C@@H](C4(C)C)[C@]3(C)O2)[C@@H](C)O)c(C)c1. The molecule has 13 heteroatoms. The predicted octanol–water partition coefficient (Wildman–Crippen LogP) is 6.59. The molecule has 1 aliphatic heterocycles. The number of hydrogen-bond acceptors (Lipinski definition) is 10. The Morgan fingerprint density at radius 2 is 1.56 bits per heavy atom. The molecule has 1 aromatic rings. The average Bonchev–Trinajstić information content (AvgIpc) is 3.58. The number of benzene rings is 1. The van der Waals surface area contributed by atoms with Crippen LogP contribution in [0.1, 0.15) is 166 Å². The van der Waals surface area contributed by atoms with Gasteiger partial charge in [0, 0.05) is 36.7 Å². The third kappa shape index (κ3) is 13.1. The number of ketones is 3. The number of nitrogens with two attached hydrogens (primary N) is 2. The molecular weight excluding hydrogens is 771 g/mol. The summed E-state index contributed by atoms with van der Waals surface area (Å²) in [5.74, 6) is -2.80. The van der Waals surface area contributed by atoms with Gasteiger partial charge in [0.25, 0.3) is 0 Å². The van der Waals surface area contributed by atoms with Crippen molar-refractivity contribution in [2.45, 2.75) is 194 Å². The second kappa shape index (κ2) is 23.1. The third-order valence-electron chi connectivity index (χ3n) is 14.4. The average molecular weight is 851 g/mol. The zero-order valence-electron chi connectivity index (χ0n) is 38.7. The number of hydrogen-bond donors (Lipinski definition) is 5. The van der Waals surface area contributed by atoms with E-state index < -0.39 is 54.7 Å². The van der Waals surface area contributed by atoms with Gasteiger partial charge in [-0.3, -0.25) is 24.0 Å². The molecule has 4 aliphatic rings. The first-order valence-corrected chi connectivity index (χ1v) is 23.6. The first kappa shape index (κ1) is 50.7. The van der Waals surface area contributed by atoms with E-state index in [1.807, 2.05) is 32.0 Å². The van der Waals surface area contributed by atoms with Gasteiger partial charge in [0.05, 0.1) is 23.9 Å². The molecule has 10 atom stereocenters. The molecule has 2 bridgehead atoms. The summed E-state index contributed by atoms with van der Waals surface area (Å²) in [7, 11) is -0.517. The Morgan fingerprint density at radius 3 is 2.20 bits per heavy atom. The molecule has 7 N–H and O–H groups in total. The lowest BCUT2D eigenvalue weighted by Gasteiger charge is -2.64. The zero-order chi connectivity index (χ0) is 45.1. The molecule has 342 valence electrons. The second-order valence-corrected chi connectivity index (χ2v) is 19.7. The van der Waals surface area contributed by atoms with Gasteiger partial charge in [0.15, 0.2) is 17.3 Å². The lowest BCUT2D eigenvalue weighted by Crippen LogP contribution is -2.65. The molecule has 0 aromatic heterocycles. The van der Waals surface area contributed by atoms with Crippen molar-refractivity contribution in [2.75, 3.05) is 13.1 Å². The maximum Gasteiger partial charge on any atom is 0.461 e. The van der Waals surface area contributed by atoms with Crippen LogP contribution in [-0.2, 0) is 34.9 Å². The van der Waals surface area contributed by atoms with Gasteiger partial charge in [-0.2, -0.15) is 0 Å². The normalized spacial score (nSPS) is 24.4. The van der Waals surface area contributed by atoms with Gasteiger partial charge in [-0.25, -0.2) is 0 Å². The van der Waals surface area contributed by atoms with Crippen molar-refractivity contribution >= 4 is 36.3 Å². The molecule has 5 rings (SSSR count). The fraction of sp³-hybridized carbons (Fsp3) is 0.771. The number of carbonyl (C=O) groups excluding carboxylic acids is 5. The summed E-state index contributed by atoms with van der Waals surface area (Å²) in [6.07, 6.45) is 10.7. The van der Waals surface area contributed by atoms with E-state index in [1.54, 1.807) is 6.92 Å². The number of rotatable bonds is 28. The van der Waals surface area contributed by atoms with Crippen LogP contribution in [0.3, 0.4) is 0 Å². The topological polar surface area (TPSA) is 200 Å². The number of aryl methyl sites for hydroxylation is 2. The van der Waals surface area contributed by atoms with Gasteiger partial charge in [-0.1, -0.05) is 84.9 Å². The highest BCUT2D eigenvalue weighted by atomic mass is 16.7. The Kier molecular flexibility index (Phi) is 19.2. The van der Waals surface area contributed by atoms with Crippen molar-refractivity contribution in [2.24, 2.45) is 40.6 Å². The van der Waals surface area contributed by atoms with Crippen LogP contribution in [0.25, 0.3) is 0 Å². The summed E-state index contributed by atoms with van der Waals surface area (Å²) < 4.78 is 13.1. The molecule has 1 heterocycles. The highest BCUT2D eigenvalue weighted by Crippen LogP contribution is 2.66. The summed E-state index contributed by atoms with van der Waals surface area (Å²) >= 11 is 0. The fourth-order valence-corrected chi connectivity index (χ4v) is 10.2. The molecule has 61 heavy (non-hydrogen) atoms. The lowest BCUT2D eigenvalue weighted by molar-refractivity contribution is -0.199. The molecule has 3 aliphatic carbocycles. The van der Waals surface area contributed by atoms with Crippen LogP contribution >= 0.6 is 0 Å². The zero-order valence-corrected chi connectivity index (χ0v) is 38.7. The van der Waals surface area contributed by atoms with Crippen LogP contribution in [-0.4, -0.2) is 84.4 Å². The van der Waals surface area contributed by atoms with Gasteiger partial charge < -0.3 is 36.5 Å². The van der Waals surface area contributed by atoms with Crippen LogP contribution in [0.15, 0.2) is 18.2 Å². The Morgan fingerprint density at radius 1 is 0.852 bits per heavy atom. The molecule has 0 spiro atoms. The number of unbranched alkanes of at least 4 members (excludes halogenated alkanes) is 6. The second-order valence-electron chi connectivity index (χ2n) is 19.7. The van der Waals surface area contributed by atoms with E-state index in [0.29, 0.717) is 43.2 Å². The molecule has 0 unspecified atom stereocenters. The highest BCUT2D eigenvalue weighted by molar-refractivity contribution is 6.47. The van der Waals surface area contributed by atoms with Crippen molar-refractivity contribution in [3.63, 3.8) is 0 Å². The minimum absolute atomic E-state index is 0.00107. The van der Waals surface area contributed by atoms with Crippen molar-refractivity contribution in [3.05, 3.63) is 34.9 Å². The van der Waals surface area contributed by atoms with Gasteiger partial charge in [0.2, 0.25) is 11.8 Å². The molecule has 3 saturated carbocycles. The molecule has 1 aromatic carbocycles. The number of aliphatic hydroxyl groups excluding tert-OH is 1. The van der Waals surface area contributed by atoms with Crippen molar-refractivity contribution < 1.29 is 38.4 Å². The Labute approximate surface area is 366 Å². The number of carbonyl (C=O) groups is 5. The largest absolute Gasteiger partial charge is 0.461 e. The number of nitrogens with one attached hydrogen (secondary N) is 2. The fourth-order valence-electron chi connectivity index (χ4n) is 10.2. The summed E-state index contributed by atoms with van der Waals surface area (Å²) in [6.45, 7) is 16.4. The molecular formula is C48H79BN4O8. The molecule has 0 radical (unpaired) electrons. The van der Waals surface area contributed by atoms with E-state index in [4.69, 9.17) is 20.8 Å². The summed E-state index contributed by atoms with van der Waals surface area (Å²) in [5.41, 5.74) is 14.0. The maximum atomic E-state index is 13.8. The minimum Gasteiger partial charge on any atom is -0.405 e. The lowest BCUT2D eigenvalue weighted by atomic mass is 9.43. The van der Waals surface area contributed by atoms with Crippen LogP contribution in [0.4, 0.5) is 0 Å². The van der Waals surface area contributed by atoms with Gasteiger partial charge >= 0.3 is 7.12 Å². The standard InChI is InChI=1S/C48H79BN4O8/c1-9-10-11-12-13-14-17-34-19-20-37(30(2)24-34)39(55)27-35(21-23-51)46(59)53-44(33(5)54)41(57)25-31(3)45(58)52-38(18-15-16-22-50)40(56)26-32(4)49-60-43-29-36-28-42(47(36,6)7)48(43,8)61-49/h19-20,24,31-33,35-36,38,42-44,54H,9-18,21-23,25-29,50-51H2,1-8H3,(H,52,58)(H,53,59)/t31-,32-,33-,35-,36+,38+,42+,43-,44+,48+/m1/s1. The number of aliphatic hydroxyl groups is 1. The molecule has 12 nitrogen and oxygen atoms in total. The first-order chi connectivity index (χ1) is 28.9.